The lowest BCUT2D eigenvalue weighted by Gasteiger charge is -2.32. The highest BCUT2D eigenvalue weighted by atomic mass is 35.5. The molecule has 0 atom stereocenters. The Balaban J connectivity index is 0.000000137. The molecule has 2 aliphatic carbocycles. The highest BCUT2D eigenvalue weighted by Crippen LogP contribution is 2.49. The summed E-state index contributed by atoms with van der Waals surface area (Å²) in [5, 5.41) is 20.0. The number of pyridine rings is 2. The van der Waals surface area contributed by atoms with Crippen LogP contribution in [0.2, 0.25) is 5.02 Å². The maximum atomic E-state index is 14.9. The van der Waals surface area contributed by atoms with Crippen molar-refractivity contribution in [1.82, 2.24) is 9.97 Å². The summed E-state index contributed by atoms with van der Waals surface area (Å²) < 4.78 is 76.2. The highest BCUT2D eigenvalue weighted by molar-refractivity contribution is 6.62. The van der Waals surface area contributed by atoms with E-state index in [4.69, 9.17) is 48.7 Å². The standard InChI is InChI=1S/C30H25FN2O4.C18H24BNO4.C18H13ClFNO2/c1-17(34)19-4-6-23(25(31)13-19)28-14-26-30(37-28)29(24(16-33-26)18-2-3-18)20-5-7-27(21(12-20)15-32)36-22-8-10-35-11-9-22;1-17(2)18(3,4)24-19(23-17)14-5-6-16(13(11-14)12-20)22-15-7-9-21-10-8-15;1-9(22)11-4-5-12(14(20)6-11)16-7-15-18(23-16)17(19)13(8-21-15)10-2-3-10/h4-7,12-14,16,18,22H,2-3,8-11H2,1H3;5-6,11,15H,7-10H2,1-4H3;4-8,10H,2-3H2,1H3. The molecule has 0 amide bonds. The minimum absolute atomic E-state index is 0.0262. The number of halogens is 3. The van der Waals surface area contributed by atoms with Crippen LogP contribution in [0.4, 0.5) is 8.78 Å². The molecule has 18 heteroatoms. The Bertz CT molecular complexity index is 3900. The van der Waals surface area contributed by atoms with E-state index < -0.39 is 30.0 Å². The Morgan fingerprint density at radius 1 is 0.607 bits per heavy atom. The van der Waals surface area contributed by atoms with E-state index in [2.05, 4.69) is 22.1 Å². The predicted molar refractivity (Wildman–Crippen MR) is 314 cm³/mol. The number of carbonyl (C=O) groups is 2. The second-order valence-corrected chi connectivity index (χ2v) is 23.3. The molecule has 14 nitrogen and oxygen atoms in total. The first-order valence-corrected chi connectivity index (χ1v) is 28.8. The largest absolute Gasteiger partial charge is 0.494 e. The van der Waals surface area contributed by atoms with Gasteiger partial charge in [0, 0.05) is 66.9 Å². The van der Waals surface area contributed by atoms with Crippen molar-refractivity contribution in [1.29, 1.82) is 10.5 Å². The van der Waals surface area contributed by atoms with E-state index in [1.54, 1.807) is 48.7 Å². The van der Waals surface area contributed by atoms with E-state index in [0.29, 0.717) is 111 Å². The first-order chi connectivity index (χ1) is 40.4. The smallest absolute Gasteiger partial charge is 0.489 e. The zero-order valence-corrected chi connectivity index (χ0v) is 48.4. The van der Waals surface area contributed by atoms with Crippen molar-refractivity contribution in [3.8, 4) is 57.4 Å². The molecular weight excluding hydrogens is 1090 g/mol. The molecule has 0 radical (unpaired) electrons. The van der Waals surface area contributed by atoms with Gasteiger partial charge < -0.3 is 37.1 Å². The number of Topliss-reactive ketones (excluding diaryl/α,β-unsaturated/α-hetero) is 2. The summed E-state index contributed by atoms with van der Waals surface area (Å²) in [5.41, 5.74) is 8.18. The fraction of sp³-hybridized carbons (Fsp3) is 0.364. The molecular formula is C66H62BClF2N4O10. The average molecular weight is 1160 g/mol. The number of fused-ring (bicyclic) bond motifs is 2. The summed E-state index contributed by atoms with van der Waals surface area (Å²) in [6, 6.07) is 27.8. The molecule has 4 aromatic heterocycles. The number of benzene rings is 4. The minimum atomic E-state index is -0.530. The van der Waals surface area contributed by atoms with Crippen LogP contribution in [0.15, 0.2) is 106 Å². The molecule has 0 N–H and O–H groups in total. The number of aromatic nitrogens is 2. The second kappa shape index (κ2) is 24.1. The van der Waals surface area contributed by atoms with Crippen LogP contribution < -0.4 is 14.9 Å². The van der Waals surface area contributed by atoms with Crippen LogP contribution in [0.25, 0.3) is 56.0 Å². The number of hydrogen-bond acceptors (Lipinski definition) is 14. The van der Waals surface area contributed by atoms with Crippen LogP contribution in [0, 0.1) is 34.3 Å². The van der Waals surface area contributed by atoms with E-state index in [1.165, 1.54) is 26.0 Å². The SMILES string of the molecule is CC(=O)c1ccc(-c2cc3ncc(C4CC4)c(-c4ccc(OC5CCOCC5)c(C#N)c4)c3o2)c(F)c1.CC(=O)c1ccc(-c2cc3ncc(C4CC4)c(Cl)c3o2)c(F)c1.CC1(C)OB(c2ccc(OC3CCOCC3)c(C#N)c2)OC1(C)C. The van der Waals surface area contributed by atoms with Gasteiger partial charge in [-0.15, -0.1) is 0 Å². The Kier molecular flexibility index (Phi) is 16.6. The lowest BCUT2D eigenvalue weighted by Crippen LogP contribution is -2.41. The third-order valence-corrected chi connectivity index (χ3v) is 16.7. The molecule has 430 valence electrons. The van der Waals surface area contributed by atoms with Gasteiger partial charge >= 0.3 is 7.12 Å². The molecule has 13 rings (SSSR count). The number of furan rings is 2. The molecule has 0 bridgehead atoms. The van der Waals surface area contributed by atoms with Gasteiger partial charge in [-0.25, -0.2) is 8.78 Å². The fourth-order valence-corrected chi connectivity index (χ4v) is 10.8. The topological polar surface area (TPSA) is 189 Å². The van der Waals surface area contributed by atoms with Gasteiger partial charge in [0.2, 0.25) is 0 Å². The van der Waals surface area contributed by atoms with Gasteiger partial charge in [0.25, 0.3) is 0 Å². The first-order valence-electron chi connectivity index (χ1n) is 28.4. The van der Waals surface area contributed by atoms with Crippen LogP contribution in [0.1, 0.15) is 148 Å². The van der Waals surface area contributed by atoms with Gasteiger partial charge in [0.1, 0.15) is 70.0 Å². The van der Waals surface area contributed by atoms with E-state index in [9.17, 15) is 28.9 Å². The van der Waals surface area contributed by atoms with Crippen molar-refractivity contribution in [2.75, 3.05) is 26.4 Å². The van der Waals surface area contributed by atoms with E-state index >= 15 is 0 Å². The molecule has 0 unspecified atom stereocenters. The van der Waals surface area contributed by atoms with E-state index in [0.717, 1.165) is 79.1 Å². The van der Waals surface area contributed by atoms with E-state index in [-0.39, 0.29) is 34.9 Å². The van der Waals surface area contributed by atoms with Crippen molar-refractivity contribution in [2.45, 2.75) is 128 Å². The zero-order chi connectivity index (χ0) is 59.0. The van der Waals surface area contributed by atoms with Gasteiger partial charge in [-0.3, -0.25) is 19.6 Å². The summed E-state index contributed by atoms with van der Waals surface area (Å²) in [7, 11) is -0.473. The van der Waals surface area contributed by atoms with Crippen LogP contribution in [-0.2, 0) is 18.8 Å². The van der Waals surface area contributed by atoms with Crippen LogP contribution in [0.5, 0.6) is 11.5 Å². The average Bonchev–Trinajstić information content (AvgIpc) is 4.47. The first kappa shape index (κ1) is 58.0. The fourth-order valence-electron chi connectivity index (χ4n) is 10.5. The zero-order valence-electron chi connectivity index (χ0n) is 47.6. The normalized spacial score (nSPS) is 17.6. The lowest BCUT2D eigenvalue weighted by atomic mass is 9.78. The third kappa shape index (κ3) is 12.4. The van der Waals surface area contributed by atoms with Gasteiger partial charge in [0.05, 0.1) is 64.9 Å². The quantitative estimate of drug-likeness (QED) is 0.0829. The maximum Gasteiger partial charge on any atom is 0.494 e. The molecule has 8 aromatic rings. The van der Waals surface area contributed by atoms with Gasteiger partial charge in [-0.05, 0) is 150 Å². The summed E-state index contributed by atoms with van der Waals surface area (Å²) in [6.07, 6.45) is 11.4. The van der Waals surface area contributed by atoms with Gasteiger partial charge in [-0.1, -0.05) is 35.9 Å². The molecule has 5 aliphatic rings. The highest BCUT2D eigenvalue weighted by Gasteiger charge is 2.52. The Morgan fingerprint density at radius 3 is 1.56 bits per heavy atom. The molecule has 3 saturated heterocycles. The Labute approximate surface area is 491 Å². The molecule has 5 fully saturated rings. The van der Waals surface area contributed by atoms with Crippen molar-refractivity contribution in [2.24, 2.45) is 0 Å². The number of nitriles is 2. The Morgan fingerprint density at radius 2 is 1.07 bits per heavy atom. The third-order valence-electron chi connectivity index (χ3n) is 16.4. The number of rotatable bonds is 12. The molecule has 84 heavy (non-hydrogen) atoms. The van der Waals surface area contributed by atoms with Crippen LogP contribution in [0.3, 0.4) is 0 Å². The van der Waals surface area contributed by atoms with Gasteiger partial charge in [0.15, 0.2) is 22.7 Å². The summed E-state index contributed by atoms with van der Waals surface area (Å²) in [5.74, 6) is 1.28. The maximum absolute atomic E-state index is 14.9. The number of nitrogens with zero attached hydrogens (tertiary/aromatic N) is 4. The molecule has 0 spiro atoms. The minimum Gasteiger partial charge on any atom is -0.489 e. The molecule has 2 saturated carbocycles. The Hall–Kier alpha value is -7.77. The summed E-state index contributed by atoms with van der Waals surface area (Å²) in [4.78, 5) is 32.0. The number of ether oxygens (including phenoxy) is 4. The molecule has 7 heterocycles. The summed E-state index contributed by atoms with van der Waals surface area (Å²) >= 11 is 6.41. The number of ketones is 2. The molecule has 4 aromatic carbocycles. The second-order valence-electron chi connectivity index (χ2n) is 23.0. The van der Waals surface area contributed by atoms with Crippen molar-refractivity contribution >= 4 is 57.9 Å². The van der Waals surface area contributed by atoms with Gasteiger partial charge in [-0.2, -0.15) is 10.5 Å². The number of hydrogen-bond donors (Lipinski definition) is 0. The number of carbonyl (C=O) groups excluding carboxylic acids is 2. The predicted octanol–water partition coefficient (Wildman–Crippen LogP) is 14.6. The lowest BCUT2D eigenvalue weighted by molar-refractivity contribution is 0.00578. The van der Waals surface area contributed by atoms with Crippen molar-refractivity contribution < 1.29 is 55.5 Å². The van der Waals surface area contributed by atoms with Crippen molar-refractivity contribution in [3.63, 3.8) is 0 Å². The van der Waals surface area contributed by atoms with E-state index in [1.807, 2.05) is 64.2 Å². The van der Waals surface area contributed by atoms with Crippen LogP contribution >= 0.6 is 11.6 Å². The van der Waals surface area contributed by atoms with Crippen molar-refractivity contribution in [3.05, 3.63) is 147 Å². The monoisotopic (exact) mass is 1150 g/mol. The molecule has 3 aliphatic heterocycles. The summed E-state index contributed by atoms with van der Waals surface area (Å²) in [6.45, 7) is 13.6. The van der Waals surface area contributed by atoms with Crippen LogP contribution in [-0.4, -0.2) is 78.5 Å².